The number of methoxy groups -OCH3 is 1. The van der Waals surface area contributed by atoms with E-state index in [-0.39, 0.29) is 22.8 Å². The first kappa shape index (κ1) is 23.9. The molecule has 0 radical (unpaired) electrons. The molecule has 0 unspecified atom stereocenters. The van der Waals surface area contributed by atoms with E-state index in [1.165, 1.54) is 11.0 Å². The number of fused-ring (bicyclic) bond motifs is 1. The quantitative estimate of drug-likeness (QED) is 0.639. The van der Waals surface area contributed by atoms with Gasteiger partial charge in [-0.3, -0.25) is 9.59 Å². The van der Waals surface area contributed by atoms with Crippen molar-refractivity contribution in [3.8, 4) is 0 Å². The Hall–Kier alpha value is -2.20. The highest BCUT2D eigenvalue weighted by atomic mass is 35.5. The van der Waals surface area contributed by atoms with Gasteiger partial charge in [-0.15, -0.1) is 0 Å². The Kier molecular flexibility index (Phi) is 6.95. The molecule has 33 heavy (non-hydrogen) atoms. The molecule has 178 valence electrons. The number of benzene rings is 2. The monoisotopic (exact) mass is 493 g/mol. The highest BCUT2D eigenvalue weighted by molar-refractivity contribution is 7.89. The zero-order valence-corrected chi connectivity index (χ0v) is 20.2. The van der Waals surface area contributed by atoms with Crippen LogP contribution in [0, 0.1) is 0 Å². The lowest BCUT2D eigenvalue weighted by atomic mass is 10.1. The van der Waals surface area contributed by atoms with Crippen LogP contribution in [-0.2, 0) is 24.3 Å². The molecule has 2 aliphatic rings. The van der Waals surface area contributed by atoms with Gasteiger partial charge in [-0.1, -0.05) is 23.7 Å². The van der Waals surface area contributed by atoms with Crippen molar-refractivity contribution in [1.82, 2.24) is 14.5 Å². The molecule has 0 aromatic heterocycles. The highest BCUT2D eigenvalue weighted by Crippen LogP contribution is 2.25. The summed E-state index contributed by atoms with van der Waals surface area (Å²) < 4.78 is 33.7. The van der Waals surface area contributed by atoms with Gasteiger partial charge < -0.3 is 14.5 Å². The Morgan fingerprint density at radius 3 is 2.67 bits per heavy atom. The summed E-state index contributed by atoms with van der Waals surface area (Å²) in [5.74, 6) is -0.505. The van der Waals surface area contributed by atoms with Gasteiger partial charge in [0.25, 0.3) is 0 Å². The zero-order chi connectivity index (χ0) is 23.8. The molecule has 2 aliphatic heterocycles. The van der Waals surface area contributed by atoms with Gasteiger partial charge in [0.1, 0.15) is 12.1 Å². The predicted molar refractivity (Wildman–Crippen MR) is 125 cm³/mol. The molecule has 3 atom stereocenters. The minimum atomic E-state index is -3.92. The molecule has 2 aromatic carbocycles. The number of ether oxygens (including phenoxy) is 1. The molecular weight excluding hydrogens is 466 g/mol. The van der Waals surface area contributed by atoms with Crippen molar-refractivity contribution in [3.63, 3.8) is 0 Å². The second-order valence-electron chi connectivity index (χ2n) is 8.61. The van der Waals surface area contributed by atoms with Crippen LogP contribution in [0.1, 0.15) is 26.2 Å². The predicted octanol–water partition coefficient (Wildman–Crippen LogP) is 2.40. The van der Waals surface area contributed by atoms with E-state index in [9.17, 15) is 18.0 Å². The van der Waals surface area contributed by atoms with Crippen LogP contribution in [0.25, 0.3) is 10.8 Å². The molecule has 0 spiro atoms. The lowest BCUT2D eigenvalue weighted by molar-refractivity contribution is -0.144. The number of sulfonamides is 1. The number of carbonyl (C=O) groups is 2. The SMILES string of the molecule is COC[C@H]1CCCN1C(=O)[C@H](C)N1CC[C@H](NS(=O)(=O)c2ccc3cc(Cl)ccc3c2)C1=O. The third-order valence-corrected chi connectivity index (χ3v) is 8.17. The number of amides is 2. The molecule has 2 saturated heterocycles. The maximum Gasteiger partial charge on any atom is 0.245 e. The van der Waals surface area contributed by atoms with Gasteiger partial charge in [-0.25, -0.2) is 8.42 Å². The van der Waals surface area contributed by atoms with Crippen molar-refractivity contribution in [2.45, 2.75) is 49.2 Å². The standard InChI is InChI=1S/C23H28ClN3O5S/c1-15(22(28)27-10-3-4-19(27)14-32-2)26-11-9-21(23(26)29)25-33(30,31)20-8-6-16-12-18(24)7-5-17(16)13-20/h5-8,12-13,15,19,21,25H,3-4,9-11,14H2,1-2H3/t15-,19+,21-/m0/s1. The number of hydrogen-bond acceptors (Lipinski definition) is 5. The third-order valence-electron chi connectivity index (χ3n) is 6.47. The fourth-order valence-electron chi connectivity index (χ4n) is 4.68. The Labute approximate surface area is 198 Å². The van der Waals surface area contributed by atoms with E-state index in [0.29, 0.717) is 31.1 Å². The summed E-state index contributed by atoms with van der Waals surface area (Å²) >= 11 is 6.00. The molecular formula is C23H28ClN3O5S. The maximum absolute atomic E-state index is 13.1. The van der Waals surface area contributed by atoms with E-state index in [1.807, 2.05) is 0 Å². The number of halogens is 1. The summed E-state index contributed by atoms with van der Waals surface area (Å²) in [6.07, 6.45) is 2.09. The Balaban J connectivity index is 1.45. The van der Waals surface area contributed by atoms with Crippen molar-refractivity contribution in [1.29, 1.82) is 0 Å². The fraction of sp³-hybridized carbons (Fsp3) is 0.478. The Bertz CT molecular complexity index is 1170. The second kappa shape index (κ2) is 9.58. The Morgan fingerprint density at radius 2 is 1.91 bits per heavy atom. The summed E-state index contributed by atoms with van der Waals surface area (Å²) in [5, 5.41) is 2.13. The van der Waals surface area contributed by atoms with Crippen LogP contribution >= 0.6 is 11.6 Å². The topological polar surface area (TPSA) is 96.0 Å². The summed E-state index contributed by atoms with van der Waals surface area (Å²) in [7, 11) is -2.31. The largest absolute Gasteiger partial charge is 0.383 e. The summed E-state index contributed by atoms with van der Waals surface area (Å²) in [6.45, 7) is 3.13. The fourth-order valence-corrected chi connectivity index (χ4v) is 6.12. The number of hydrogen-bond donors (Lipinski definition) is 1. The van der Waals surface area contributed by atoms with Gasteiger partial charge in [0, 0.05) is 25.2 Å². The zero-order valence-electron chi connectivity index (χ0n) is 18.7. The van der Waals surface area contributed by atoms with Gasteiger partial charge in [-0.05, 0) is 61.2 Å². The lowest BCUT2D eigenvalue weighted by Crippen LogP contribution is -2.51. The van der Waals surface area contributed by atoms with E-state index in [4.69, 9.17) is 16.3 Å². The molecule has 2 aromatic rings. The van der Waals surface area contributed by atoms with E-state index >= 15 is 0 Å². The van der Waals surface area contributed by atoms with Gasteiger partial charge in [-0.2, -0.15) is 4.72 Å². The molecule has 0 bridgehead atoms. The van der Waals surface area contributed by atoms with Crippen LogP contribution in [0.3, 0.4) is 0 Å². The number of likely N-dealkylation sites (tertiary alicyclic amines) is 2. The minimum absolute atomic E-state index is 0.0136. The first-order valence-electron chi connectivity index (χ1n) is 11.0. The van der Waals surface area contributed by atoms with Crippen molar-refractivity contribution in [3.05, 3.63) is 41.4 Å². The van der Waals surface area contributed by atoms with Crippen molar-refractivity contribution in [2.75, 3.05) is 26.8 Å². The van der Waals surface area contributed by atoms with Gasteiger partial charge in [0.2, 0.25) is 21.8 Å². The van der Waals surface area contributed by atoms with Crippen molar-refractivity contribution < 1.29 is 22.7 Å². The molecule has 1 N–H and O–H groups in total. The van der Waals surface area contributed by atoms with E-state index in [2.05, 4.69) is 4.72 Å². The van der Waals surface area contributed by atoms with Crippen LogP contribution in [0.4, 0.5) is 0 Å². The van der Waals surface area contributed by atoms with Crippen LogP contribution in [-0.4, -0.2) is 75.0 Å². The molecule has 10 heteroatoms. The number of carbonyl (C=O) groups excluding carboxylic acids is 2. The van der Waals surface area contributed by atoms with E-state index < -0.39 is 22.1 Å². The second-order valence-corrected chi connectivity index (χ2v) is 10.8. The van der Waals surface area contributed by atoms with E-state index in [0.717, 1.165) is 23.6 Å². The summed E-state index contributed by atoms with van der Waals surface area (Å²) in [6, 6.07) is 8.40. The van der Waals surface area contributed by atoms with Gasteiger partial charge >= 0.3 is 0 Å². The normalized spacial score (nSPS) is 22.3. The van der Waals surface area contributed by atoms with Crippen LogP contribution in [0.5, 0.6) is 0 Å². The van der Waals surface area contributed by atoms with Crippen LogP contribution < -0.4 is 4.72 Å². The smallest absolute Gasteiger partial charge is 0.245 e. The maximum atomic E-state index is 13.1. The van der Waals surface area contributed by atoms with Crippen LogP contribution in [0.15, 0.2) is 41.3 Å². The average Bonchev–Trinajstić information content (AvgIpc) is 3.39. The molecule has 2 heterocycles. The number of nitrogens with one attached hydrogen (secondary N) is 1. The van der Waals surface area contributed by atoms with Crippen molar-refractivity contribution >= 4 is 44.2 Å². The lowest BCUT2D eigenvalue weighted by Gasteiger charge is -2.31. The molecule has 8 nitrogen and oxygen atoms in total. The highest BCUT2D eigenvalue weighted by Gasteiger charge is 2.41. The van der Waals surface area contributed by atoms with Gasteiger partial charge in [0.15, 0.2) is 0 Å². The minimum Gasteiger partial charge on any atom is -0.383 e. The molecule has 2 fully saturated rings. The average molecular weight is 494 g/mol. The van der Waals surface area contributed by atoms with Gasteiger partial charge in [0.05, 0.1) is 17.5 Å². The summed E-state index contributed by atoms with van der Waals surface area (Å²) in [5.41, 5.74) is 0. The third kappa shape index (κ3) is 4.87. The Morgan fingerprint density at radius 1 is 1.18 bits per heavy atom. The molecule has 4 rings (SSSR count). The van der Waals surface area contributed by atoms with Crippen LogP contribution in [0.2, 0.25) is 5.02 Å². The van der Waals surface area contributed by atoms with E-state index in [1.54, 1.807) is 49.3 Å². The number of rotatable bonds is 7. The molecule has 2 amide bonds. The molecule has 0 aliphatic carbocycles. The first-order chi connectivity index (χ1) is 15.7. The first-order valence-corrected chi connectivity index (χ1v) is 12.9. The summed E-state index contributed by atoms with van der Waals surface area (Å²) in [4.78, 5) is 29.4. The number of nitrogens with zero attached hydrogens (tertiary/aromatic N) is 2. The molecule has 0 saturated carbocycles. The van der Waals surface area contributed by atoms with Crippen molar-refractivity contribution in [2.24, 2.45) is 0 Å².